The van der Waals surface area contributed by atoms with Crippen LogP contribution >= 0.6 is 23.2 Å². The number of carbonyl (C=O) groups is 4. The number of benzene rings is 3. The molecular weight excluding hydrogens is 553 g/mol. The van der Waals surface area contributed by atoms with Crippen LogP contribution in [0.15, 0.2) is 66.7 Å². The van der Waals surface area contributed by atoms with Gasteiger partial charge in [-0.2, -0.15) is 0 Å². The Morgan fingerprint density at radius 1 is 1.02 bits per heavy atom. The fourth-order valence-corrected chi connectivity index (χ4v) is 5.39. The molecule has 40 heavy (non-hydrogen) atoms. The average molecular weight is 582 g/mol. The molecule has 1 atom stereocenters. The lowest BCUT2D eigenvalue weighted by Crippen LogP contribution is -2.42. The van der Waals surface area contributed by atoms with E-state index in [1.165, 1.54) is 11.0 Å². The molecule has 0 spiro atoms. The smallest absolute Gasteiger partial charge is 0.326 e. The molecule has 4 rings (SSSR count). The highest BCUT2D eigenvalue weighted by molar-refractivity contribution is 6.41. The van der Waals surface area contributed by atoms with Crippen molar-refractivity contribution in [2.45, 2.75) is 38.4 Å². The average Bonchev–Trinajstić information content (AvgIpc) is 2.93. The van der Waals surface area contributed by atoms with E-state index in [0.29, 0.717) is 37.2 Å². The van der Waals surface area contributed by atoms with Crippen LogP contribution in [0.5, 0.6) is 0 Å². The van der Waals surface area contributed by atoms with E-state index in [-0.39, 0.29) is 40.3 Å². The maximum atomic E-state index is 13.2. The van der Waals surface area contributed by atoms with Crippen molar-refractivity contribution in [1.29, 1.82) is 0 Å². The normalized spacial score (nSPS) is 13.4. The molecule has 0 radical (unpaired) electrons. The van der Waals surface area contributed by atoms with Crippen LogP contribution in [0.4, 0.5) is 0 Å². The maximum absolute atomic E-state index is 13.2. The zero-order valence-corrected chi connectivity index (χ0v) is 23.4. The van der Waals surface area contributed by atoms with Gasteiger partial charge in [0.1, 0.15) is 6.04 Å². The van der Waals surface area contributed by atoms with E-state index in [2.05, 4.69) is 5.32 Å². The monoisotopic (exact) mass is 581 g/mol. The molecule has 3 amide bonds. The third-order valence-corrected chi connectivity index (χ3v) is 7.57. The van der Waals surface area contributed by atoms with Crippen LogP contribution in [0.1, 0.15) is 50.2 Å². The summed E-state index contributed by atoms with van der Waals surface area (Å²) in [6.45, 7) is 1.21. The van der Waals surface area contributed by atoms with Gasteiger partial charge in [-0.3, -0.25) is 14.4 Å². The quantitative estimate of drug-likeness (QED) is 0.357. The Labute approximate surface area is 242 Å². The first-order valence-electron chi connectivity index (χ1n) is 12.8. The van der Waals surface area contributed by atoms with Gasteiger partial charge in [-0.25, -0.2) is 4.79 Å². The zero-order valence-electron chi connectivity index (χ0n) is 21.9. The van der Waals surface area contributed by atoms with E-state index < -0.39 is 17.9 Å². The molecule has 3 aromatic carbocycles. The first-order chi connectivity index (χ1) is 19.2. The van der Waals surface area contributed by atoms with Crippen molar-refractivity contribution in [1.82, 2.24) is 15.1 Å². The minimum atomic E-state index is -1.34. The number of nitrogens with zero attached hydrogens (tertiary/aromatic N) is 2. The van der Waals surface area contributed by atoms with Crippen LogP contribution < -0.4 is 5.32 Å². The van der Waals surface area contributed by atoms with Gasteiger partial charge in [-0.1, -0.05) is 83.9 Å². The highest BCUT2D eigenvalue weighted by atomic mass is 35.5. The summed E-state index contributed by atoms with van der Waals surface area (Å²) in [6.07, 6.45) is 0.207. The van der Waals surface area contributed by atoms with Crippen LogP contribution in [-0.2, 0) is 29.1 Å². The maximum Gasteiger partial charge on any atom is 0.326 e. The summed E-state index contributed by atoms with van der Waals surface area (Å²) in [5.74, 6) is -2.58. The van der Waals surface area contributed by atoms with Gasteiger partial charge in [0, 0.05) is 38.7 Å². The van der Waals surface area contributed by atoms with Crippen molar-refractivity contribution in [2.24, 2.45) is 0 Å². The van der Waals surface area contributed by atoms with E-state index in [9.17, 15) is 24.3 Å². The fourth-order valence-electron chi connectivity index (χ4n) is 4.67. The van der Waals surface area contributed by atoms with E-state index in [1.807, 2.05) is 60.7 Å². The third kappa shape index (κ3) is 6.81. The highest BCUT2D eigenvalue weighted by Crippen LogP contribution is 2.35. The van der Waals surface area contributed by atoms with Gasteiger partial charge in [-0.05, 0) is 35.6 Å². The summed E-state index contributed by atoms with van der Waals surface area (Å²) in [7, 11) is 1.64. The highest BCUT2D eigenvalue weighted by Gasteiger charge is 2.32. The summed E-state index contributed by atoms with van der Waals surface area (Å²) in [5.41, 5.74) is 2.65. The molecule has 0 unspecified atom stereocenters. The van der Waals surface area contributed by atoms with Gasteiger partial charge in [0.05, 0.1) is 15.6 Å². The Hall–Kier alpha value is -3.88. The number of nitrogens with one attached hydrogen (secondary N) is 1. The third-order valence-electron chi connectivity index (χ3n) is 6.85. The molecule has 208 valence electrons. The van der Waals surface area contributed by atoms with Crippen LogP contribution in [-0.4, -0.2) is 58.2 Å². The molecule has 0 aliphatic carbocycles. The van der Waals surface area contributed by atoms with Crippen LogP contribution in [0.3, 0.4) is 0 Å². The first kappa shape index (κ1) is 29.1. The van der Waals surface area contributed by atoms with Crippen molar-refractivity contribution in [3.05, 3.63) is 105 Å². The lowest BCUT2D eigenvalue weighted by atomic mass is 9.95. The number of rotatable bonds is 10. The lowest BCUT2D eigenvalue weighted by molar-refractivity contribution is -0.139. The second-order valence-corrected chi connectivity index (χ2v) is 10.5. The number of carboxylic acids is 1. The molecule has 8 nitrogen and oxygen atoms in total. The Morgan fingerprint density at radius 2 is 1.65 bits per heavy atom. The van der Waals surface area contributed by atoms with Gasteiger partial charge < -0.3 is 20.2 Å². The molecule has 0 fully saturated rings. The molecule has 3 aromatic rings. The van der Waals surface area contributed by atoms with Crippen molar-refractivity contribution >= 4 is 46.9 Å². The summed E-state index contributed by atoms with van der Waals surface area (Å²) >= 11 is 13.0. The van der Waals surface area contributed by atoms with Gasteiger partial charge in [0.2, 0.25) is 5.91 Å². The summed E-state index contributed by atoms with van der Waals surface area (Å²) in [5, 5.41) is 12.1. The predicted octanol–water partition coefficient (Wildman–Crippen LogP) is 4.81. The molecule has 0 saturated heterocycles. The molecule has 1 heterocycles. The van der Waals surface area contributed by atoms with Gasteiger partial charge in [0.15, 0.2) is 0 Å². The van der Waals surface area contributed by atoms with Crippen molar-refractivity contribution in [3.8, 4) is 0 Å². The van der Waals surface area contributed by atoms with Crippen molar-refractivity contribution in [3.63, 3.8) is 0 Å². The van der Waals surface area contributed by atoms with E-state index in [0.717, 1.165) is 11.1 Å². The molecular formula is C30H29Cl2N3O5. The predicted molar refractivity (Wildman–Crippen MR) is 152 cm³/mol. The Bertz CT molecular complexity index is 1420. The zero-order chi connectivity index (χ0) is 28.8. The van der Waals surface area contributed by atoms with Crippen LogP contribution in [0.25, 0.3) is 0 Å². The molecule has 1 aliphatic heterocycles. The second-order valence-electron chi connectivity index (χ2n) is 9.67. The SMILES string of the molecule is CN(Cc1ccccc1)C(=O)CC[C@H](NC(=O)c1c(Cl)cc2c(c1Cl)CCN(Cc1ccccc1)C2=O)C(=O)O. The largest absolute Gasteiger partial charge is 0.480 e. The van der Waals surface area contributed by atoms with Crippen LogP contribution in [0.2, 0.25) is 10.0 Å². The van der Waals surface area contributed by atoms with Gasteiger partial charge >= 0.3 is 5.97 Å². The minimum absolute atomic E-state index is 0.0236. The minimum Gasteiger partial charge on any atom is -0.480 e. The molecule has 1 aliphatic rings. The summed E-state index contributed by atoms with van der Waals surface area (Å²) < 4.78 is 0. The topological polar surface area (TPSA) is 107 Å². The number of halogens is 2. The number of carboxylic acid groups (broad SMARTS) is 1. The number of hydrogen-bond acceptors (Lipinski definition) is 4. The Morgan fingerprint density at radius 3 is 2.27 bits per heavy atom. The van der Waals surface area contributed by atoms with Crippen molar-refractivity contribution in [2.75, 3.05) is 13.6 Å². The number of aliphatic carboxylic acids is 1. The van der Waals surface area contributed by atoms with Gasteiger partial charge in [0.25, 0.3) is 11.8 Å². The Balaban J connectivity index is 1.43. The first-order valence-corrected chi connectivity index (χ1v) is 13.6. The van der Waals surface area contributed by atoms with Gasteiger partial charge in [-0.15, -0.1) is 0 Å². The molecule has 10 heteroatoms. The molecule has 2 N–H and O–H groups in total. The van der Waals surface area contributed by atoms with Crippen LogP contribution in [0, 0.1) is 0 Å². The number of amides is 3. The summed E-state index contributed by atoms with van der Waals surface area (Å²) in [4.78, 5) is 54.1. The molecule has 0 saturated carbocycles. The number of carbonyl (C=O) groups excluding carboxylic acids is 3. The number of hydrogen-bond donors (Lipinski definition) is 2. The fraction of sp³-hybridized carbons (Fsp3) is 0.267. The lowest BCUT2D eigenvalue weighted by Gasteiger charge is -2.30. The standard InChI is InChI=1S/C30H29Cl2N3O5/c1-34(17-19-8-4-2-5-9-19)25(36)13-12-24(30(39)40)33-28(37)26-23(31)16-22-21(27(26)32)14-15-35(29(22)38)18-20-10-6-3-7-11-20/h2-11,16,24H,12-15,17-18H2,1H3,(H,33,37)(H,39,40)/t24-/m0/s1. The number of fused-ring (bicyclic) bond motifs is 1. The van der Waals surface area contributed by atoms with E-state index in [4.69, 9.17) is 23.2 Å². The van der Waals surface area contributed by atoms with Crippen molar-refractivity contribution < 1.29 is 24.3 Å². The summed E-state index contributed by atoms with van der Waals surface area (Å²) in [6, 6.07) is 19.1. The molecule has 0 bridgehead atoms. The molecule has 0 aromatic heterocycles. The van der Waals surface area contributed by atoms with E-state index in [1.54, 1.807) is 11.9 Å². The Kier molecular flexibility index (Phi) is 9.45. The second kappa shape index (κ2) is 13.0. The van der Waals surface area contributed by atoms with E-state index >= 15 is 0 Å².